The molecule has 94 valence electrons. The largest absolute Gasteiger partial charge is 0.491 e. The Kier molecular flexibility index (Phi) is 3.57. The highest BCUT2D eigenvalue weighted by atomic mass is 16.5. The van der Waals surface area contributed by atoms with Crippen molar-refractivity contribution in [2.24, 2.45) is 7.05 Å². The number of hydrogen-bond acceptors (Lipinski definition) is 4. The lowest BCUT2D eigenvalue weighted by Gasteiger charge is -2.07. The molecule has 0 saturated carbocycles. The number of hydrogen-bond donors (Lipinski definition) is 1. The minimum atomic E-state index is -1.02. The fourth-order valence-electron chi connectivity index (χ4n) is 1.55. The molecule has 2 heterocycles. The molecule has 1 N–H and O–H groups in total. The van der Waals surface area contributed by atoms with Crippen LogP contribution >= 0.6 is 0 Å². The van der Waals surface area contributed by atoms with Gasteiger partial charge in [-0.3, -0.25) is 9.67 Å². The van der Waals surface area contributed by atoms with Crippen LogP contribution in [0.3, 0.4) is 0 Å². The normalized spacial score (nSPS) is 10.3. The summed E-state index contributed by atoms with van der Waals surface area (Å²) >= 11 is 0. The summed E-state index contributed by atoms with van der Waals surface area (Å²) in [6.45, 7) is 0.387. The fourth-order valence-corrected chi connectivity index (χ4v) is 1.55. The highest BCUT2D eigenvalue weighted by molar-refractivity contribution is 5.90. The number of rotatable bonds is 5. The Bertz CT molecular complexity index is 551. The van der Waals surface area contributed by atoms with E-state index in [9.17, 15) is 4.79 Å². The van der Waals surface area contributed by atoms with Crippen LogP contribution in [0.25, 0.3) is 0 Å². The molecule has 6 heteroatoms. The summed E-state index contributed by atoms with van der Waals surface area (Å²) in [6, 6.07) is 1.42. The van der Waals surface area contributed by atoms with Crippen LogP contribution in [0.5, 0.6) is 5.75 Å². The van der Waals surface area contributed by atoms with Crippen molar-refractivity contribution in [2.75, 3.05) is 6.61 Å². The number of aryl methyl sites for hydroxylation is 1. The molecule has 6 nitrogen and oxygen atoms in total. The molecule has 0 saturated heterocycles. The van der Waals surface area contributed by atoms with Crippen molar-refractivity contribution in [1.82, 2.24) is 14.8 Å². The smallest absolute Gasteiger partial charge is 0.339 e. The van der Waals surface area contributed by atoms with E-state index in [1.165, 1.54) is 18.5 Å². The lowest BCUT2D eigenvalue weighted by Crippen LogP contribution is -2.06. The van der Waals surface area contributed by atoms with Gasteiger partial charge in [0.25, 0.3) is 0 Å². The molecule has 0 atom stereocenters. The quantitative estimate of drug-likeness (QED) is 0.857. The minimum absolute atomic E-state index is 0.121. The average Bonchev–Trinajstić information content (AvgIpc) is 2.75. The molecular weight excluding hydrogens is 234 g/mol. The van der Waals surface area contributed by atoms with Gasteiger partial charge in [-0.2, -0.15) is 5.10 Å². The van der Waals surface area contributed by atoms with Crippen LogP contribution in [0.4, 0.5) is 0 Å². The van der Waals surface area contributed by atoms with Crippen molar-refractivity contribution >= 4 is 5.97 Å². The summed E-state index contributed by atoms with van der Waals surface area (Å²) in [5.74, 6) is -0.734. The number of carboxylic acid groups (broad SMARTS) is 1. The number of carboxylic acids is 1. The Hall–Kier alpha value is -2.37. The standard InChI is InChI=1S/C12H13N3O3/c1-15-8-9(6-14-15)3-5-18-11-7-13-4-2-10(11)12(16)17/h2,4,6-8H,3,5H2,1H3,(H,16,17). The lowest BCUT2D eigenvalue weighted by atomic mass is 10.2. The summed E-state index contributed by atoms with van der Waals surface area (Å²) in [4.78, 5) is 14.8. The third-order valence-corrected chi connectivity index (χ3v) is 2.42. The Morgan fingerprint density at radius 3 is 3.00 bits per heavy atom. The molecule has 0 radical (unpaired) electrons. The molecule has 0 spiro atoms. The molecular formula is C12H13N3O3. The number of aromatic nitrogens is 3. The summed E-state index contributed by atoms with van der Waals surface area (Å²) in [6.07, 6.45) is 7.15. The molecule has 0 aliphatic heterocycles. The lowest BCUT2D eigenvalue weighted by molar-refractivity contribution is 0.0692. The Balaban J connectivity index is 1.96. The second-order valence-corrected chi connectivity index (χ2v) is 3.80. The molecule has 2 rings (SSSR count). The van der Waals surface area contributed by atoms with Gasteiger partial charge in [-0.05, 0) is 11.6 Å². The third kappa shape index (κ3) is 2.85. The number of carbonyl (C=O) groups is 1. The molecule has 0 aliphatic carbocycles. The molecule has 0 amide bonds. The van der Waals surface area contributed by atoms with E-state index >= 15 is 0 Å². The van der Waals surface area contributed by atoms with E-state index in [1.54, 1.807) is 10.9 Å². The van der Waals surface area contributed by atoms with Gasteiger partial charge < -0.3 is 9.84 Å². The predicted molar refractivity (Wildman–Crippen MR) is 63.6 cm³/mol. The highest BCUT2D eigenvalue weighted by Crippen LogP contribution is 2.16. The second kappa shape index (κ2) is 5.31. The van der Waals surface area contributed by atoms with E-state index in [1.807, 2.05) is 13.2 Å². The van der Waals surface area contributed by atoms with Gasteiger partial charge in [0.15, 0.2) is 5.75 Å². The number of aromatic carboxylic acids is 1. The third-order valence-electron chi connectivity index (χ3n) is 2.42. The van der Waals surface area contributed by atoms with Gasteiger partial charge in [0.1, 0.15) is 5.56 Å². The van der Waals surface area contributed by atoms with Gasteiger partial charge in [0, 0.05) is 25.9 Å². The van der Waals surface area contributed by atoms with Crippen LogP contribution in [0.1, 0.15) is 15.9 Å². The van der Waals surface area contributed by atoms with E-state index in [0.717, 1.165) is 5.56 Å². The van der Waals surface area contributed by atoms with Gasteiger partial charge in [-0.1, -0.05) is 0 Å². The molecule has 0 fully saturated rings. The molecule has 0 aliphatic rings. The maximum absolute atomic E-state index is 10.9. The average molecular weight is 247 g/mol. The first-order chi connectivity index (χ1) is 8.66. The Morgan fingerprint density at radius 2 is 2.33 bits per heavy atom. The SMILES string of the molecule is Cn1cc(CCOc2cnccc2C(=O)O)cn1. The first-order valence-corrected chi connectivity index (χ1v) is 5.44. The van der Waals surface area contributed by atoms with Crippen molar-refractivity contribution in [3.05, 3.63) is 42.0 Å². The molecule has 0 aromatic carbocycles. The van der Waals surface area contributed by atoms with E-state index in [0.29, 0.717) is 13.0 Å². The van der Waals surface area contributed by atoms with Gasteiger partial charge in [0.05, 0.1) is 19.0 Å². The molecule has 0 unspecified atom stereocenters. The van der Waals surface area contributed by atoms with Crippen LogP contribution in [0.2, 0.25) is 0 Å². The summed E-state index contributed by atoms with van der Waals surface area (Å²) < 4.78 is 7.14. The van der Waals surface area contributed by atoms with Gasteiger partial charge in [0.2, 0.25) is 0 Å². The predicted octanol–water partition coefficient (Wildman–Crippen LogP) is 1.13. The van der Waals surface area contributed by atoms with Crippen LogP contribution < -0.4 is 4.74 Å². The summed E-state index contributed by atoms with van der Waals surface area (Å²) in [5, 5.41) is 13.0. The van der Waals surface area contributed by atoms with Crippen LogP contribution in [-0.2, 0) is 13.5 Å². The maximum atomic E-state index is 10.9. The molecule has 0 bridgehead atoms. The molecule has 2 aromatic heterocycles. The van der Waals surface area contributed by atoms with E-state index in [-0.39, 0.29) is 11.3 Å². The Morgan fingerprint density at radius 1 is 1.50 bits per heavy atom. The summed E-state index contributed by atoms with van der Waals surface area (Å²) in [5.41, 5.74) is 1.16. The number of pyridine rings is 1. The first kappa shape index (κ1) is 12.1. The second-order valence-electron chi connectivity index (χ2n) is 3.80. The molecule has 18 heavy (non-hydrogen) atoms. The van der Waals surface area contributed by atoms with E-state index in [2.05, 4.69) is 10.1 Å². The minimum Gasteiger partial charge on any atom is -0.491 e. The van der Waals surface area contributed by atoms with Crippen LogP contribution in [-0.4, -0.2) is 32.4 Å². The zero-order valence-electron chi connectivity index (χ0n) is 9.91. The highest BCUT2D eigenvalue weighted by Gasteiger charge is 2.10. The monoisotopic (exact) mass is 247 g/mol. The van der Waals surface area contributed by atoms with Crippen molar-refractivity contribution in [3.8, 4) is 5.75 Å². The zero-order valence-corrected chi connectivity index (χ0v) is 9.91. The van der Waals surface area contributed by atoms with Crippen molar-refractivity contribution < 1.29 is 14.6 Å². The van der Waals surface area contributed by atoms with Crippen LogP contribution in [0, 0.1) is 0 Å². The number of nitrogens with zero attached hydrogens (tertiary/aromatic N) is 3. The van der Waals surface area contributed by atoms with E-state index in [4.69, 9.17) is 9.84 Å². The van der Waals surface area contributed by atoms with Crippen molar-refractivity contribution in [3.63, 3.8) is 0 Å². The Labute approximate surface area is 104 Å². The fraction of sp³-hybridized carbons (Fsp3) is 0.250. The topological polar surface area (TPSA) is 77.2 Å². The van der Waals surface area contributed by atoms with Gasteiger partial charge in [-0.25, -0.2) is 4.79 Å². The van der Waals surface area contributed by atoms with Crippen molar-refractivity contribution in [2.45, 2.75) is 6.42 Å². The van der Waals surface area contributed by atoms with Gasteiger partial charge >= 0.3 is 5.97 Å². The van der Waals surface area contributed by atoms with Crippen LogP contribution in [0.15, 0.2) is 30.9 Å². The van der Waals surface area contributed by atoms with E-state index < -0.39 is 5.97 Å². The maximum Gasteiger partial charge on any atom is 0.339 e. The zero-order chi connectivity index (χ0) is 13.0. The van der Waals surface area contributed by atoms with Crippen molar-refractivity contribution in [1.29, 1.82) is 0 Å². The van der Waals surface area contributed by atoms with Gasteiger partial charge in [-0.15, -0.1) is 0 Å². The molecule has 2 aromatic rings. The number of ether oxygens (including phenoxy) is 1. The first-order valence-electron chi connectivity index (χ1n) is 5.44. The summed E-state index contributed by atoms with van der Waals surface area (Å²) in [7, 11) is 1.84.